The Labute approximate surface area is 194 Å². The van der Waals surface area contributed by atoms with Crippen molar-refractivity contribution in [3.05, 3.63) is 117 Å². The average molecular weight is 422 g/mol. The van der Waals surface area contributed by atoms with Crippen molar-refractivity contribution in [2.45, 2.75) is 54.9 Å². The van der Waals surface area contributed by atoms with Gasteiger partial charge in [-0.25, -0.2) is 4.99 Å². The maximum absolute atomic E-state index is 5.10. The Balaban J connectivity index is 2.16. The van der Waals surface area contributed by atoms with Crippen LogP contribution in [0.5, 0.6) is 0 Å². The molecule has 164 valence electrons. The van der Waals surface area contributed by atoms with Crippen molar-refractivity contribution in [1.82, 2.24) is 0 Å². The zero-order valence-corrected chi connectivity index (χ0v) is 20.6. The van der Waals surface area contributed by atoms with Crippen molar-refractivity contribution in [3.8, 4) is 0 Å². The molecule has 0 radical (unpaired) electrons. The summed E-state index contributed by atoms with van der Waals surface area (Å²) in [5.74, 6) is 0. The average Bonchev–Trinajstić information content (AvgIpc) is 2.73. The van der Waals surface area contributed by atoms with Crippen LogP contribution in [0.15, 0.2) is 72.2 Å². The minimum Gasteiger partial charge on any atom is -0.248 e. The lowest BCUT2D eigenvalue weighted by atomic mass is 9.95. The van der Waals surface area contributed by atoms with Gasteiger partial charge in [0.15, 0.2) is 0 Å². The number of aliphatic imine (C=N–C) groups is 1. The first-order valence-electron chi connectivity index (χ1n) is 11.4. The molecule has 0 fully saturated rings. The molecule has 1 heteroatoms. The van der Waals surface area contributed by atoms with Crippen LogP contribution in [0.1, 0.15) is 63.9 Å². The van der Waals surface area contributed by atoms with E-state index in [1.54, 1.807) is 0 Å². The van der Waals surface area contributed by atoms with E-state index in [4.69, 9.17) is 4.99 Å². The second-order valence-electron chi connectivity index (χ2n) is 8.92. The molecule has 0 aliphatic rings. The minimum atomic E-state index is 0.807. The summed E-state index contributed by atoms with van der Waals surface area (Å²) in [5, 5.41) is 0. The number of rotatable bonds is 6. The van der Waals surface area contributed by atoms with Crippen molar-refractivity contribution >= 4 is 17.0 Å². The standard InChI is InChI=1S/C31H35N/c1-9-27-18-22(4)12-15-30(27)26(8)32-31(29-14-11-21(3)17-24(29)6)19-25(7)28-13-10-20(2)16-23(28)5/h10-19H,8-9H2,1-7H3/b25-19+,32-31?. The van der Waals surface area contributed by atoms with Gasteiger partial charge in [0.25, 0.3) is 0 Å². The summed E-state index contributed by atoms with van der Waals surface area (Å²) in [4.78, 5) is 5.10. The number of hydrogen-bond donors (Lipinski definition) is 0. The van der Waals surface area contributed by atoms with E-state index in [-0.39, 0.29) is 0 Å². The molecule has 32 heavy (non-hydrogen) atoms. The van der Waals surface area contributed by atoms with Crippen molar-refractivity contribution in [2.24, 2.45) is 4.99 Å². The van der Waals surface area contributed by atoms with Crippen LogP contribution in [0.2, 0.25) is 0 Å². The van der Waals surface area contributed by atoms with Gasteiger partial charge < -0.3 is 0 Å². The van der Waals surface area contributed by atoms with E-state index in [9.17, 15) is 0 Å². The van der Waals surface area contributed by atoms with Gasteiger partial charge in [-0.15, -0.1) is 0 Å². The third kappa shape index (κ3) is 5.34. The van der Waals surface area contributed by atoms with Crippen molar-refractivity contribution in [3.63, 3.8) is 0 Å². The van der Waals surface area contributed by atoms with Crippen LogP contribution in [0, 0.1) is 34.6 Å². The summed E-state index contributed by atoms with van der Waals surface area (Å²) in [5.41, 5.74) is 14.1. The van der Waals surface area contributed by atoms with Gasteiger partial charge in [-0.05, 0) is 81.9 Å². The van der Waals surface area contributed by atoms with Crippen LogP contribution in [-0.4, -0.2) is 5.71 Å². The van der Waals surface area contributed by atoms with E-state index >= 15 is 0 Å². The Bertz CT molecular complexity index is 1220. The van der Waals surface area contributed by atoms with Gasteiger partial charge in [-0.2, -0.15) is 0 Å². The molecule has 0 aliphatic carbocycles. The molecule has 3 rings (SSSR count). The Hall–Kier alpha value is -3.19. The maximum atomic E-state index is 5.10. The van der Waals surface area contributed by atoms with Crippen LogP contribution < -0.4 is 0 Å². The topological polar surface area (TPSA) is 12.4 Å². The molecule has 0 unspecified atom stereocenters. The summed E-state index contributed by atoms with van der Waals surface area (Å²) in [6, 6.07) is 19.7. The third-order valence-electron chi connectivity index (χ3n) is 6.03. The summed E-state index contributed by atoms with van der Waals surface area (Å²) in [6.07, 6.45) is 3.17. The van der Waals surface area contributed by atoms with Crippen molar-refractivity contribution in [2.75, 3.05) is 0 Å². The van der Waals surface area contributed by atoms with Crippen LogP contribution in [0.3, 0.4) is 0 Å². The number of benzene rings is 3. The molecular weight excluding hydrogens is 386 g/mol. The molecule has 0 aromatic heterocycles. The first-order valence-corrected chi connectivity index (χ1v) is 11.4. The highest BCUT2D eigenvalue weighted by Gasteiger charge is 2.11. The number of hydrogen-bond acceptors (Lipinski definition) is 1. The first kappa shape index (κ1) is 23.5. The largest absolute Gasteiger partial charge is 0.248 e. The lowest BCUT2D eigenvalue weighted by molar-refractivity contribution is 1.12. The summed E-state index contributed by atoms with van der Waals surface area (Å²) < 4.78 is 0. The highest BCUT2D eigenvalue weighted by Crippen LogP contribution is 2.26. The first-order chi connectivity index (χ1) is 15.2. The number of nitrogens with zero attached hydrogens (tertiary/aromatic N) is 1. The summed E-state index contributed by atoms with van der Waals surface area (Å²) in [6.45, 7) is 19.4. The van der Waals surface area contributed by atoms with Crippen molar-refractivity contribution in [1.29, 1.82) is 0 Å². The fraction of sp³-hybridized carbons (Fsp3) is 0.258. The lowest BCUT2D eigenvalue weighted by Gasteiger charge is -2.14. The molecule has 0 atom stereocenters. The molecule has 3 aromatic rings. The minimum absolute atomic E-state index is 0.807. The van der Waals surface area contributed by atoms with Gasteiger partial charge in [-0.3, -0.25) is 0 Å². The molecule has 0 spiro atoms. The second-order valence-corrected chi connectivity index (χ2v) is 8.92. The normalized spacial score (nSPS) is 12.2. The van der Waals surface area contributed by atoms with Crippen LogP contribution in [0.25, 0.3) is 11.3 Å². The van der Waals surface area contributed by atoms with Crippen LogP contribution in [0.4, 0.5) is 0 Å². The van der Waals surface area contributed by atoms with Gasteiger partial charge in [0.05, 0.1) is 11.4 Å². The molecule has 0 amide bonds. The smallest absolute Gasteiger partial charge is 0.0714 e. The van der Waals surface area contributed by atoms with E-state index < -0.39 is 0 Å². The van der Waals surface area contributed by atoms with Crippen LogP contribution in [-0.2, 0) is 6.42 Å². The summed E-state index contributed by atoms with van der Waals surface area (Å²) >= 11 is 0. The zero-order chi connectivity index (χ0) is 23.4. The van der Waals surface area contributed by atoms with E-state index in [0.717, 1.165) is 29.0 Å². The highest BCUT2D eigenvalue weighted by atomic mass is 14.8. The molecule has 1 nitrogen and oxygen atoms in total. The second kappa shape index (κ2) is 9.96. The molecular formula is C31H35N. The van der Waals surface area contributed by atoms with E-state index in [0.29, 0.717) is 0 Å². The molecule has 0 saturated heterocycles. The monoisotopic (exact) mass is 421 g/mol. The molecule has 0 bridgehead atoms. The quantitative estimate of drug-likeness (QED) is 0.355. The number of allylic oxidation sites excluding steroid dienone is 2. The van der Waals surface area contributed by atoms with Gasteiger partial charge in [0, 0.05) is 11.1 Å². The molecule has 0 heterocycles. The van der Waals surface area contributed by atoms with Crippen molar-refractivity contribution < 1.29 is 0 Å². The Kier molecular flexibility index (Phi) is 7.30. The predicted molar refractivity (Wildman–Crippen MR) is 142 cm³/mol. The van der Waals surface area contributed by atoms with Crippen LogP contribution >= 0.6 is 0 Å². The Morgan fingerprint density at radius 3 is 1.78 bits per heavy atom. The van der Waals surface area contributed by atoms with E-state index in [1.165, 1.54) is 44.5 Å². The van der Waals surface area contributed by atoms with Gasteiger partial charge in [0.1, 0.15) is 0 Å². The van der Waals surface area contributed by atoms with Gasteiger partial charge in [-0.1, -0.05) is 84.8 Å². The Morgan fingerprint density at radius 1 is 0.750 bits per heavy atom. The lowest BCUT2D eigenvalue weighted by Crippen LogP contribution is -2.03. The molecule has 3 aromatic carbocycles. The zero-order valence-electron chi connectivity index (χ0n) is 20.6. The fourth-order valence-corrected chi connectivity index (χ4v) is 4.31. The fourth-order valence-electron chi connectivity index (χ4n) is 4.31. The highest BCUT2D eigenvalue weighted by molar-refractivity contribution is 6.14. The predicted octanol–water partition coefficient (Wildman–Crippen LogP) is 8.35. The number of aryl methyl sites for hydroxylation is 6. The van der Waals surface area contributed by atoms with Gasteiger partial charge >= 0.3 is 0 Å². The summed E-state index contributed by atoms with van der Waals surface area (Å²) in [7, 11) is 0. The van der Waals surface area contributed by atoms with E-state index in [2.05, 4.69) is 116 Å². The maximum Gasteiger partial charge on any atom is 0.0714 e. The molecule has 0 N–H and O–H groups in total. The molecule has 0 aliphatic heterocycles. The molecule has 0 saturated carbocycles. The van der Waals surface area contributed by atoms with Gasteiger partial charge in [0.2, 0.25) is 0 Å². The van der Waals surface area contributed by atoms with E-state index in [1.807, 2.05) is 0 Å². The SMILES string of the molecule is C=C(N=C(/C=C(\C)c1ccc(C)cc1C)c1ccc(C)cc1C)c1ccc(C)cc1CC. The third-order valence-corrected chi connectivity index (χ3v) is 6.03. The Morgan fingerprint density at radius 2 is 1.25 bits per heavy atom.